The third kappa shape index (κ3) is 5.16. The summed E-state index contributed by atoms with van der Waals surface area (Å²) < 4.78 is 5.34. The van der Waals surface area contributed by atoms with Crippen molar-refractivity contribution in [3.63, 3.8) is 0 Å². The van der Waals surface area contributed by atoms with Crippen molar-refractivity contribution < 1.29 is 9.53 Å². The summed E-state index contributed by atoms with van der Waals surface area (Å²) in [6, 6.07) is 0.943. The first kappa shape index (κ1) is 18.2. The zero-order valence-electron chi connectivity index (χ0n) is 14.5. The summed E-state index contributed by atoms with van der Waals surface area (Å²) >= 11 is 1.52. The molecule has 2 heterocycles. The number of carbonyl (C=O) groups excluding carboxylic acids is 1. The molecule has 0 saturated carbocycles. The third-order valence-electron chi connectivity index (χ3n) is 3.99. The highest BCUT2D eigenvalue weighted by Gasteiger charge is 2.18. The maximum atomic E-state index is 12.2. The number of rotatable bonds is 7. The van der Waals surface area contributed by atoms with Crippen LogP contribution < -0.4 is 10.2 Å². The minimum Gasteiger partial charge on any atom is -0.378 e. The molecule has 1 aliphatic heterocycles. The van der Waals surface area contributed by atoms with Gasteiger partial charge in [-0.2, -0.15) is 0 Å². The minimum absolute atomic E-state index is 0.0896. The number of thiazole rings is 1. The van der Waals surface area contributed by atoms with Crippen molar-refractivity contribution >= 4 is 22.4 Å². The van der Waals surface area contributed by atoms with E-state index in [4.69, 9.17) is 4.74 Å². The van der Waals surface area contributed by atoms with Crippen LogP contribution >= 0.6 is 11.3 Å². The Morgan fingerprint density at radius 1 is 1.35 bits per heavy atom. The molecular formula is C16H28N4O2S. The molecule has 130 valence electrons. The van der Waals surface area contributed by atoms with Crippen LogP contribution in [0.1, 0.15) is 38.2 Å². The van der Waals surface area contributed by atoms with Gasteiger partial charge in [-0.25, -0.2) is 4.98 Å². The second-order valence-electron chi connectivity index (χ2n) is 6.30. The lowest BCUT2D eigenvalue weighted by atomic mass is 10.2. The number of hydrogen-bond donors (Lipinski definition) is 1. The number of carbonyl (C=O) groups is 1. The fourth-order valence-electron chi connectivity index (χ4n) is 2.77. The number of morpholine rings is 1. The van der Waals surface area contributed by atoms with E-state index in [9.17, 15) is 4.79 Å². The summed E-state index contributed by atoms with van der Waals surface area (Å²) in [5.41, 5.74) is 0.511. The summed E-state index contributed by atoms with van der Waals surface area (Å²) in [6.07, 6.45) is 0. The summed E-state index contributed by atoms with van der Waals surface area (Å²) in [5, 5.41) is 5.72. The Bertz CT molecular complexity index is 490. The Morgan fingerprint density at radius 3 is 2.61 bits per heavy atom. The van der Waals surface area contributed by atoms with Gasteiger partial charge >= 0.3 is 0 Å². The monoisotopic (exact) mass is 340 g/mol. The topological polar surface area (TPSA) is 57.7 Å². The van der Waals surface area contributed by atoms with Gasteiger partial charge in [0.2, 0.25) is 0 Å². The summed E-state index contributed by atoms with van der Waals surface area (Å²) in [5.74, 6) is -0.0896. The lowest BCUT2D eigenvalue weighted by Crippen LogP contribution is -2.42. The largest absolute Gasteiger partial charge is 0.378 e. The van der Waals surface area contributed by atoms with E-state index >= 15 is 0 Å². The average molecular weight is 340 g/mol. The van der Waals surface area contributed by atoms with Crippen molar-refractivity contribution in [2.45, 2.75) is 39.8 Å². The lowest BCUT2D eigenvalue weighted by Gasteiger charge is -2.30. The van der Waals surface area contributed by atoms with Crippen LogP contribution in [0.2, 0.25) is 0 Å². The molecule has 23 heavy (non-hydrogen) atoms. The molecule has 1 amide bonds. The highest BCUT2D eigenvalue weighted by Crippen LogP contribution is 2.21. The molecule has 6 nitrogen and oxygen atoms in total. The number of nitrogens with zero attached hydrogens (tertiary/aromatic N) is 3. The van der Waals surface area contributed by atoms with Crippen molar-refractivity contribution in [3.05, 3.63) is 11.1 Å². The van der Waals surface area contributed by atoms with Crippen LogP contribution in [0, 0.1) is 0 Å². The van der Waals surface area contributed by atoms with Gasteiger partial charge in [0.15, 0.2) is 5.13 Å². The van der Waals surface area contributed by atoms with Gasteiger partial charge < -0.3 is 15.0 Å². The maximum Gasteiger partial charge on any atom is 0.270 e. The number of anilines is 1. The molecule has 1 saturated heterocycles. The molecule has 0 spiro atoms. The van der Waals surface area contributed by atoms with Crippen molar-refractivity contribution in [2.24, 2.45) is 0 Å². The molecule has 0 bridgehead atoms. The van der Waals surface area contributed by atoms with Crippen LogP contribution in [-0.4, -0.2) is 67.3 Å². The molecule has 1 fully saturated rings. The minimum atomic E-state index is -0.0896. The van der Waals surface area contributed by atoms with E-state index in [-0.39, 0.29) is 5.91 Å². The first-order chi connectivity index (χ1) is 11.0. The van der Waals surface area contributed by atoms with Crippen molar-refractivity contribution in [1.29, 1.82) is 0 Å². The average Bonchev–Trinajstić information content (AvgIpc) is 3.01. The van der Waals surface area contributed by atoms with Crippen LogP contribution in [-0.2, 0) is 4.74 Å². The Morgan fingerprint density at radius 2 is 2.00 bits per heavy atom. The Kier molecular flexibility index (Phi) is 6.80. The normalized spacial score (nSPS) is 15.7. The van der Waals surface area contributed by atoms with Crippen LogP contribution in [0.25, 0.3) is 0 Å². The second-order valence-corrected chi connectivity index (χ2v) is 7.13. The van der Waals surface area contributed by atoms with Gasteiger partial charge in [-0.1, -0.05) is 0 Å². The number of ether oxygens (including phenoxy) is 1. The Hall–Kier alpha value is -1.18. The first-order valence-corrected chi connectivity index (χ1v) is 9.19. The quantitative estimate of drug-likeness (QED) is 0.821. The number of aromatic nitrogens is 1. The van der Waals surface area contributed by atoms with Crippen molar-refractivity contribution in [2.75, 3.05) is 44.3 Å². The standard InChI is InChI=1S/C16H28N4O2S/c1-12(2)20(13(3)4)6-5-17-15(21)14-11-23-16(18-14)19-7-9-22-10-8-19/h11-13H,5-10H2,1-4H3,(H,17,21). The van der Waals surface area contributed by atoms with Crippen LogP contribution in [0.4, 0.5) is 5.13 Å². The van der Waals surface area contributed by atoms with Gasteiger partial charge in [-0.05, 0) is 27.7 Å². The molecule has 1 aromatic rings. The molecule has 1 N–H and O–H groups in total. The molecule has 0 atom stereocenters. The van der Waals surface area contributed by atoms with Crippen molar-refractivity contribution in [3.8, 4) is 0 Å². The summed E-state index contributed by atoms with van der Waals surface area (Å²) in [4.78, 5) is 21.2. The lowest BCUT2D eigenvalue weighted by molar-refractivity contribution is 0.0935. The van der Waals surface area contributed by atoms with Crippen LogP contribution in [0.15, 0.2) is 5.38 Å². The van der Waals surface area contributed by atoms with E-state index in [1.807, 2.05) is 5.38 Å². The van der Waals surface area contributed by atoms with Crippen molar-refractivity contribution in [1.82, 2.24) is 15.2 Å². The molecule has 1 aliphatic rings. The zero-order chi connectivity index (χ0) is 16.8. The summed E-state index contributed by atoms with van der Waals surface area (Å²) in [7, 11) is 0. The Balaban J connectivity index is 1.83. The van der Waals surface area contributed by atoms with E-state index in [1.165, 1.54) is 11.3 Å². The van der Waals surface area contributed by atoms with Gasteiger partial charge in [-0.15, -0.1) is 11.3 Å². The van der Waals surface area contributed by atoms with Gasteiger partial charge in [-0.3, -0.25) is 9.69 Å². The van der Waals surface area contributed by atoms with E-state index < -0.39 is 0 Å². The molecule has 7 heteroatoms. The maximum absolute atomic E-state index is 12.2. The van der Waals surface area contributed by atoms with Crippen LogP contribution in [0.5, 0.6) is 0 Å². The van der Waals surface area contributed by atoms with Gasteiger partial charge in [0.25, 0.3) is 5.91 Å². The predicted molar refractivity (Wildman–Crippen MR) is 94.5 cm³/mol. The fourth-order valence-corrected chi connectivity index (χ4v) is 3.63. The summed E-state index contributed by atoms with van der Waals surface area (Å²) in [6.45, 7) is 13.3. The first-order valence-electron chi connectivity index (χ1n) is 8.31. The third-order valence-corrected chi connectivity index (χ3v) is 4.89. The second kappa shape index (κ2) is 8.61. The van der Waals surface area contributed by atoms with E-state index in [1.54, 1.807) is 0 Å². The Labute approximate surface area is 142 Å². The van der Waals surface area contributed by atoms with Gasteiger partial charge in [0.1, 0.15) is 5.69 Å². The SMILES string of the molecule is CC(C)N(CCNC(=O)c1csc(N2CCOCC2)n1)C(C)C. The number of nitrogens with one attached hydrogen (secondary N) is 1. The molecule has 0 aliphatic carbocycles. The van der Waals surface area contributed by atoms with E-state index in [0.717, 1.165) is 38.0 Å². The smallest absolute Gasteiger partial charge is 0.270 e. The molecular weight excluding hydrogens is 312 g/mol. The number of amides is 1. The highest BCUT2D eigenvalue weighted by atomic mass is 32.1. The van der Waals surface area contributed by atoms with E-state index in [0.29, 0.717) is 24.3 Å². The highest BCUT2D eigenvalue weighted by molar-refractivity contribution is 7.13. The molecule has 0 unspecified atom stereocenters. The van der Waals surface area contributed by atoms with Gasteiger partial charge in [0.05, 0.1) is 13.2 Å². The number of hydrogen-bond acceptors (Lipinski definition) is 6. The predicted octanol–water partition coefficient (Wildman–Crippen LogP) is 1.83. The molecule has 1 aromatic heterocycles. The molecule has 2 rings (SSSR count). The zero-order valence-corrected chi connectivity index (χ0v) is 15.4. The molecule has 0 radical (unpaired) electrons. The van der Waals surface area contributed by atoms with Crippen LogP contribution in [0.3, 0.4) is 0 Å². The molecule has 0 aromatic carbocycles. The van der Waals surface area contributed by atoms with E-state index in [2.05, 4.69) is 47.8 Å². The van der Waals surface area contributed by atoms with Gasteiger partial charge in [0, 0.05) is 43.6 Å². The fraction of sp³-hybridized carbons (Fsp3) is 0.750.